The molecule has 0 amide bonds. The van der Waals surface area contributed by atoms with Gasteiger partial charge in [-0.05, 0) is 92.2 Å². The number of benzene rings is 7. The average Bonchev–Trinajstić information content (AvgIpc) is 3.50. The topological polar surface area (TPSA) is 17.8 Å². The molecule has 2 nitrogen and oxygen atoms in total. The zero-order valence-electron chi connectivity index (χ0n) is 32.6. The third kappa shape index (κ3) is 5.05. The maximum absolute atomic E-state index is 4.82. The van der Waals surface area contributed by atoms with Gasteiger partial charge in [-0.25, -0.2) is 4.98 Å². The van der Waals surface area contributed by atoms with Crippen LogP contribution in [0.1, 0.15) is 5.82 Å². The van der Waals surface area contributed by atoms with Crippen LogP contribution in [-0.4, -0.2) is 88.0 Å². The molecule has 0 unspecified atom stereocenters. The summed E-state index contributed by atoms with van der Waals surface area (Å²) in [6.45, 7) is 2.08. The van der Waals surface area contributed by atoms with Gasteiger partial charge in [-0.3, -0.25) is 4.57 Å². The van der Waals surface area contributed by atoms with E-state index in [0.717, 1.165) is 22.5 Å². The number of aromatic nitrogens is 2. The number of hydrogen-bond donors (Lipinski definition) is 0. The number of aryl methyl sites for hydroxylation is 1. The van der Waals surface area contributed by atoms with Gasteiger partial charge in [0.1, 0.15) is 84.3 Å². The minimum Gasteiger partial charge on any atom is -0.297 e. The second kappa shape index (κ2) is 12.7. The number of para-hydroxylation sites is 2. The molecule has 0 aliphatic heterocycles. The first-order valence-electron chi connectivity index (χ1n) is 18.6. The maximum atomic E-state index is 4.82. The molecule has 8 aromatic rings. The lowest BCUT2D eigenvalue weighted by Crippen LogP contribution is -2.55. The summed E-state index contributed by atoms with van der Waals surface area (Å²) in [5.74, 6) is 0.991. The van der Waals surface area contributed by atoms with Crippen LogP contribution in [0.15, 0.2) is 91.0 Å². The Morgan fingerprint density at radius 2 is 0.827 bits per heavy atom. The molecular weight excluding hydrogens is 617 g/mol. The molecule has 1 heterocycles. The first kappa shape index (κ1) is 34.3. The fourth-order valence-corrected chi connectivity index (χ4v) is 8.92. The molecule has 0 bridgehead atoms. The van der Waals surface area contributed by atoms with Gasteiger partial charge in [0, 0.05) is 5.69 Å². The molecule has 0 radical (unpaired) electrons. The highest BCUT2D eigenvalue weighted by molar-refractivity contribution is 6.70. The summed E-state index contributed by atoms with van der Waals surface area (Å²) < 4.78 is 2.25. The fraction of sp³-hybridized carbons (Fsp3) is 0.0250. The Kier molecular flexibility index (Phi) is 8.37. The summed E-state index contributed by atoms with van der Waals surface area (Å²) in [5.41, 5.74) is 24.9. The lowest BCUT2D eigenvalue weighted by molar-refractivity contribution is 1.00. The lowest BCUT2D eigenvalue weighted by atomic mass is 9.58. The van der Waals surface area contributed by atoms with Crippen molar-refractivity contribution in [2.24, 2.45) is 0 Å². The van der Waals surface area contributed by atoms with Crippen LogP contribution in [0.3, 0.4) is 0 Å². The molecule has 238 valence electrons. The molecule has 0 spiro atoms. The first-order valence-corrected chi connectivity index (χ1v) is 18.6. The number of nitrogens with zero attached hydrogens (tertiary/aromatic N) is 2. The largest absolute Gasteiger partial charge is 0.297 e. The highest BCUT2D eigenvalue weighted by atomic mass is 15.1. The highest BCUT2D eigenvalue weighted by Crippen LogP contribution is 2.43. The molecule has 7 aromatic carbocycles. The van der Waals surface area contributed by atoms with Gasteiger partial charge in [0.15, 0.2) is 0 Å². The highest BCUT2D eigenvalue weighted by Gasteiger charge is 2.24. The van der Waals surface area contributed by atoms with Crippen LogP contribution in [-0.2, 0) is 0 Å². The van der Waals surface area contributed by atoms with E-state index in [-0.39, 0.29) is 0 Å². The van der Waals surface area contributed by atoms with Crippen LogP contribution < -0.4 is 54.6 Å². The number of fused-ring (bicyclic) bond motifs is 3. The van der Waals surface area contributed by atoms with Crippen LogP contribution in [0.2, 0.25) is 0 Å². The van der Waals surface area contributed by atoms with E-state index in [1.807, 2.05) is 0 Å². The van der Waals surface area contributed by atoms with Crippen molar-refractivity contribution < 1.29 is 0 Å². The van der Waals surface area contributed by atoms with E-state index in [2.05, 4.69) is 181 Å². The van der Waals surface area contributed by atoms with Gasteiger partial charge in [-0.1, -0.05) is 82.5 Å². The predicted molar refractivity (Wildman–Crippen MR) is 259 cm³/mol. The van der Waals surface area contributed by atoms with Gasteiger partial charge in [0.05, 0.1) is 11.0 Å². The quantitative estimate of drug-likeness (QED) is 0.137. The Bertz CT molecular complexity index is 2750. The van der Waals surface area contributed by atoms with Crippen molar-refractivity contribution in [2.45, 2.75) is 6.92 Å². The lowest BCUT2D eigenvalue weighted by Gasteiger charge is -2.27. The third-order valence-corrected chi connectivity index (χ3v) is 12.7. The van der Waals surface area contributed by atoms with E-state index < -0.39 is 0 Å². The van der Waals surface area contributed by atoms with Gasteiger partial charge in [0.2, 0.25) is 0 Å². The summed E-state index contributed by atoms with van der Waals surface area (Å²) in [5, 5.41) is 5.23. The zero-order valence-corrected chi connectivity index (χ0v) is 32.6. The smallest absolute Gasteiger partial charge is 0.139 e. The van der Waals surface area contributed by atoms with Crippen molar-refractivity contribution in [3.05, 3.63) is 96.8 Å². The third-order valence-electron chi connectivity index (χ3n) is 12.7. The van der Waals surface area contributed by atoms with Crippen LogP contribution >= 0.6 is 0 Å². The molecule has 52 heavy (non-hydrogen) atoms. The number of hydrogen-bond acceptors (Lipinski definition) is 1. The van der Waals surface area contributed by atoms with Crippen molar-refractivity contribution in [1.29, 1.82) is 0 Å². The predicted octanol–water partition coefficient (Wildman–Crippen LogP) is -6.77. The Morgan fingerprint density at radius 3 is 1.37 bits per heavy atom. The molecule has 0 aliphatic carbocycles. The van der Waals surface area contributed by atoms with Gasteiger partial charge in [-0.15, -0.1) is 32.8 Å². The van der Waals surface area contributed by atoms with E-state index in [1.54, 1.807) is 0 Å². The van der Waals surface area contributed by atoms with Crippen molar-refractivity contribution in [2.75, 3.05) is 0 Å². The molecule has 0 saturated heterocycles. The van der Waals surface area contributed by atoms with Crippen molar-refractivity contribution >= 4 is 166 Å². The Labute approximate surface area is 316 Å². The normalized spacial score (nSPS) is 11.6. The molecule has 0 fully saturated rings. The first-order chi connectivity index (χ1) is 24.9. The van der Waals surface area contributed by atoms with Crippen molar-refractivity contribution in [3.8, 4) is 39.1 Å². The minimum atomic E-state index is 0.991. The SMILES string of the molecule is Bc1c(B)c(B)c(-c2c3ccccc3c(-c3c(B)c(B)c(B)c(B)c3B)c3cc(-c4ccc(-n5c(C)nc6ccccc65)cc4)ccc23)c(B)c1B. The number of rotatable bonds is 4. The molecule has 8 rings (SSSR count). The average molecular weight is 655 g/mol. The van der Waals surface area contributed by atoms with Gasteiger partial charge < -0.3 is 0 Å². The molecule has 0 aliphatic rings. The Morgan fingerprint density at radius 1 is 0.404 bits per heavy atom. The molecular formula is C40H38B10N2. The molecule has 0 saturated carbocycles. The van der Waals surface area contributed by atoms with Gasteiger partial charge in [-0.2, -0.15) is 0 Å². The Hall–Kier alpha value is -4.82. The summed E-state index contributed by atoms with van der Waals surface area (Å²) in [7, 11) is 23.0. The van der Waals surface area contributed by atoms with Gasteiger partial charge in [0.25, 0.3) is 0 Å². The summed E-state index contributed by atoms with van der Waals surface area (Å²) in [6, 6.07) is 33.7. The van der Waals surface area contributed by atoms with Crippen LogP contribution in [0.4, 0.5) is 0 Å². The molecule has 0 atom stereocenters. The molecule has 12 heteroatoms. The van der Waals surface area contributed by atoms with E-state index in [4.69, 9.17) is 4.98 Å². The monoisotopic (exact) mass is 656 g/mol. The van der Waals surface area contributed by atoms with Crippen LogP contribution in [0.5, 0.6) is 0 Å². The standard InChI is InChI=1S/C40H38B10N2/c1-17-51-25-8-4-5-9-26(25)52(17)20-13-10-18(11-14-20)19-12-15-23-24(16-19)28(30-33(43)37(47)40(50)38(48)34(30)44)22-7-3-2-6-21(22)27(23)29-31(41)35(45)39(49)36(46)32(29)42/h2-16H,41-50H2,1H3. The summed E-state index contributed by atoms with van der Waals surface area (Å²) in [6.07, 6.45) is 0. The fourth-order valence-electron chi connectivity index (χ4n) is 8.92. The van der Waals surface area contributed by atoms with Crippen LogP contribution in [0.25, 0.3) is 71.6 Å². The second-order valence-corrected chi connectivity index (χ2v) is 15.1. The zero-order chi connectivity index (χ0) is 36.7. The molecule has 0 N–H and O–H groups in total. The maximum Gasteiger partial charge on any atom is 0.139 e. The van der Waals surface area contributed by atoms with Crippen LogP contribution in [0, 0.1) is 6.92 Å². The number of imidazole rings is 1. The van der Waals surface area contributed by atoms with E-state index in [0.29, 0.717) is 0 Å². The van der Waals surface area contributed by atoms with Crippen molar-refractivity contribution in [3.63, 3.8) is 0 Å². The summed E-state index contributed by atoms with van der Waals surface area (Å²) >= 11 is 0. The summed E-state index contributed by atoms with van der Waals surface area (Å²) in [4.78, 5) is 4.82. The Balaban J connectivity index is 1.46. The molecule has 1 aromatic heterocycles. The van der Waals surface area contributed by atoms with Crippen molar-refractivity contribution in [1.82, 2.24) is 9.55 Å². The van der Waals surface area contributed by atoms with E-state index >= 15 is 0 Å². The minimum absolute atomic E-state index is 0.991. The van der Waals surface area contributed by atoms with Gasteiger partial charge >= 0.3 is 0 Å². The second-order valence-electron chi connectivity index (χ2n) is 15.1. The van der Waals surface area contributed by atoms with E-state index in [9.17, 15) is 0 Å². The van der Waals surface area contributed by atoms with E-state index in [1.165, 1.54) is 110 Å².